The highest BCUT2D eigenvalue weighted by atomic mass is 16.3. The first kappa shape index (κ1) is 16.0. The van der Waals surface area contributed by atoms with Crippen LogP contribution < -0.4 is 16.0 Å². The van der Waals surface area contributed by atoms with Crippen molar-refractivity contribution in [3.63, 3.8) is 0 Å². The molecule has 0 radical (unpaired) electrons. The molecule has 126 valence electrons. The van der Waals surface area contributed by atoms with E-state index in [1.807, 2.05) is 19.9 Å². The number of nitrogens with zero attached hydrogens (tertiary/aromatic N) is 1. The second-order valence-corrected chi connectivity index (χ2v) is 6.01. The number of anilines is 1. The van der Waals surface area contributed by atoms with E-state index >= 15 is 0 Å². The van der Waals surface area contributed by atoms with Crippen LogP contribution in [0.2, 0.25) is 0 Å². The van der Waals surface area contributed by atoms with Gasteiger partial charge in [0.1, 0.15) is 12.3 Å². The van der Waals surface area contributed by atoms with E-state index in [4.69, 9.17) is 4.42 Å². The van der Waals surface area contributed by atoms with Gasteiger partial charge in [0.2, 0.25) is 11.8 Å². The maximum absolute atomic E-state index is 12.2. The van der Waals surface area contributed by atoms with Crippen LogP contribution >= 0.6 is 0 Å². The van der Waals surface area contributed by atoms with Crippen LogP contribution in [0.5, 0.6) is 0 Å². The monoisotopic (exact) mass is 328 g/mol. The van der Waals surface area contributed by atoms with Crippen molar-refractivity contribution in [2.45, 2.75) is 26.3 Å². The Morgan fingerprint density at radius 2 is 2.25 bits per heavy atom. The smallest absolute Gasteiger partial charge is 0.319 e. The number of aromatic nitrogens is 1. The lowest BCUT2D eigenvalue weighted by Gasteiger charge is -2.28. The third kappa shape index (κ3) is 3.56. The molecule has 3 N–H and O–H groups in total. The maximum Gasteiger partial charge on any atom is 0.319 e. The van der Waals surface area contributed by atoms with Gasteiger partial charge in [0.05, 0.1) is 5.69 Å². The second kappa shape index (κ2) is 6.74. The van der Waals surface area contributed by atoms with Crippen molar-refractivity contribution in [2.75, 3.05) is 11.9 Å². The minimum Gasteiger partial charge on any atom is -0.444 e. The third-order valence-electron chi connectivity index (χ3n) is 4.02. The summed E-state index contributed by atoms with van der Waals surface area (Å²) in [4.78, 5) is 28.3. The zero-order chi connectivity index (χ0) is 17.1. The van der Waals surface area contributed by atoms with Crippen LogP contribution in [0, 0.1) is 12.8 Å². The first-order chi connectivity index (χ1) is 11.5. The van der Waals surface area contributed by atoms with Crippen LogP contribution in [0.3, 0.4) is 0 Å². The van der Waals surface area contributed by atoms with Gasteiger partial charge in [-0.3, -0.25) is 4.79 Å². The summed E-state index contributed by atoms with van der Waals surface area (Å²) in [5, 5.41) is 8.24. The highest BCUT2D eigenvalue weighted by Gasteiger charge is 2.30. The highest BCUT2D eigenvalue weighted by Crippen LogP contribution is 2.22. The Morgan fingerprint density at radius 1 is 1.42 bits per heavy atom. The largest absolute Gasteiger partial charge is 0.444 e. The summed E-state index contributed by atoms with van der Waals surface area (Å²) in [6.07, 6.45) is 2.42. The molecule has 1 aliphatic heterocycles. The number of rotatable bonds is 3. The molecular formula is C17H20N4O3. The predicted octanol–water partition coefficient (Wildman–Crippen LogP) is 2.30. The van der Waals surface area contributed by atoms with Gasteiger partial charge in [-0.2, -0.15) is 0 Å². The lowest BCUT2D eigenvalue weighted by Crippen LogP contribution is -2.55. The number of hydrogen-bond acceptors (Lipinski definition) is 4. The van der Waals surface area contributed by atoms with Crippen molar-refractivity contribution in [3.05, 3.63) is 36.2 Å². The minimum absolute atomic E-state index is 0.103. The summed E-state index contributed by atoms with van der Waals surface area (Å²) in [6, 6.07) is 6.27. The summed E-state index contributed by atoms with van der Waals surface area (Å²) in [7, 11) is 0. The van der Waals surface area contributed by atoms with E-state index in [2.05, 4.69) is 20.9 Å². The molecule has 1 aromatic carbocycles. The van der Waals surface area contributed by atoms with Crippen LogP contribution in [0.15, 0.2) is 34.9 Å². The number of piperidine rings is 1. The lowest BCUT2D eigenvalue weighted by atomic mass is 9.94. The summed E-state index contributed by atoms with van der Waals surface area (Å²) < 4.78 is 5.37. The molecular weight excluding hydrogens is 308 g/mol. The minimum atomic E-state index is -0.517. The van der Waals surface area contributed by atoms with Crippen LogP contribution in [-0.2, 0) is 4.79 Å². The molecule has 7 heteroatoms. The highest BCUT2D eigenvalue weighted by molar-refractivity contribution is 5.94. The molecule has 2 aromatic rings. The van der Waals surface area contributed by atoms with E-state index in [-0.39, 0.29) is 11.8 Å². The van der Waals surface area contributed by atoms with E-state index < -0.39 is 12.1 Å². The van der Waals surface area contributed by atoms with Gasteiger partial charge >= 0.3 is 6.03 Å². The molecule has 1 fully saturated rings. The Balaban J connectivity index is 1.67. The first-order valence-corrected chi connectivity index (χ1v) is 7.91. The van der Waals surface area contributed by atoms with Crippen molar-refractivity contribution in [1.29, 1.82) is 0 Å². The molecule has 7 nitrogen and oxygen atoms in total. The fraction of sp³-hybridized carbons (Fsp3) is 0.353. The maximum atomic E-state index is 12.2. The summed E-state index contributed by atoms with van der Waals surface area (Å²) in [6.45, 7) is 4.45. The van der Waals surface area contributed by atoms with Crippen LogP contribution in [0.4, 0.5) is 10.5 Å². The van der Waals surface area contributed by atoms with Gasteiger partial charge in [-0.05, 0) is 37.5 Å². The zero-order valence-electron chi connectivity index (χ0n) is 13.6. The average molecular weight is 328 g/mol. The molecule has 0 bridgehead atoms. The second-order valence-electron chi connectivity index (χ2n) is 6.01. The van der Waals surface area contributed by atoms with Crippen molar-refractivity contribution in [3.8, 4) is 11.5 Å². The Kier molecular flexibility index (Phi) is 4.50. The van der Waals surface area contributed by atoms with Crippen LogP contribution in [0.25, 0.3) is 11.5 Å². The number of amides is 3. The molecule has 2 unspecified atom stereocenters. The van der Waals surface area contributed by atoms with Crippen molar-refractivity contribution in [1.82, 2.24) is 15.6 Å². The number of carbonyl (C=O) groups is 2. The Morgan fingerprint density at radius 3 is 2.96 bits per heavy atom. The Labute approximate surface area is 139 Å². The van der Waals surface area contributed by atoms with E-state index in [9.17, 15) is 9.59 Å². The number of oxazole rings is 1. The number of benzene rings is 1. The Bertz CT molecular complexity index is 756. The first-order valence-electron chi connectivity index (χ1n) is 7.91. The Hall–Kier alpha value is -2.83. The number of carbonyl (C=O) groups excluding carboxylic acids is 2. The SMILES string of the molecule is Cc1coc(-c2cccc(NC(=O)NC3C(=O)NCCC3C)c2)n1. The lowest BCUT2D eigenvalue weighted by molar-refractivity contribution is -0.125. The quantitative estimate of drug-likeness (QED) is 0.805. The number of hydrogen-bond donors (Lipinski definition) is 3. The third-order valence-corrected chi connectivity index (χ3v) is 4.02. The van der Waals surface area contributed by atoms with E-state index in [0.29, 0.717) is 18.1 Å². The topological polar surface area (TPSA) is 96.3 Å². The molecule has 24 heavy (non-hydrogen) atoms. The molecule has 1 saturated heterocycles. The molecule has 2 atom stereocenters. The molecule has 3 amide bonds. The van der Waals surface area contributed by atoms with Gasteiger partial charge in [-0.1, -0.05) is 13.0 Å². The summed E-state index contributed by atoms with van der Waals surface area (Å²) in [5.41, 5.74) is 2.16. The standard InChI is InChI=1S/C17H20N4O3/c1-10-6-7-18-15(22)14(10)21-17(23)20-13-5-3-4-12(8-13)16-19-11(2)9-24-16/h3-5,8-10,14H,6-7H2,1-2H3,(H,18,22)(H2,20,21,23). The summed E-state index contributed by atoms with van der Waals surface area (Å²) in [5.74, 6) is 0.455. The average Bonchev–Trinajstić information content (AvgIpc) is 2.98. The number of aryl methyl sites for hydroxylation is 1. The van der Waals surface area contributed by atoms with Crippen LogP contribution in [-0.4, -0.2) is 29.5 Å². The van der Waals surface area contributed by atoms with Gasteiger partial charge in [0, 0.05) is 17.8 Å². The van der Waals surface area contributed by atoms with Crippen LogP contribution in [0.1, 0.15) is 19.0 Å². The van der Waals surface area contributed by atoms with Gasteiger partial charge in [0.25, 0.3) is 0 Å². The summed E-state index contributed by atoms with van der Waals surface area (Å²) >= 11 is 0. The van der Waals surface area contributed by atoms with Gasteiger partial charge < -0.3 is 20.4 Å². The molecule has 0 saturated carbocycles. The molecule has 2 heterocycles. The van der Waals surface area contributed by atoms with E-state index in [1.165, 1.54) is 0 Å². The predicted molar refractivity (Wildman–Crippen MR) is 89.4 cm³/mol. The number of urea groups is 1. The molecule has 1 aliphatic rings. The van der Waals surface area contributed by atoms with Gasteiger partial charge in [0.15, 0.2) is 0 Å². The fourth-order valence-corrected chi connectivity index (χ4v) is 2.69. The van der Waals surface area contributed by atoms with Gasteiger partial charge in [-0.25, -0.2) is 9.78 Å². The molecule has 0 spiro atoms. The van der Waals surface area contributed by atoms with Crippen molar-refractivity contribution < 1.29 is 14.0 Å². The normalized spacial score (nSPS) is 20.3. The van der Waals surface area contributed by atoms with E-state index in [1.54, 1.807) is 24.5 Å². The van der Waals surface area contributed by atoms with Crippen molar-refractivity contribution in [2.24, 2.45) is 5.92 Å². The zero-order valence-corrected chi connectivity index (χ0v) is 13.6. The van der Waals surface area contributed by atoms with Crippen molar-refractivity contribution >= 4 is 17.6 Å². The molecule has 1 aromatic heterocycles. The van der Waals surface area contributed by atoms with E-state index in [0.717, 1.165) is 17.7 Å². The molecule has 0 aliphatic carbocycles. The molecule has 3 rings (SSSR count). The fourth-order valence-electron chi connectivity index (χ4n) is 2.69. The number of nitrogens with one attached hydrogen (secondary N) is 3. The van der Waals surface area contributed by atoms with Gasteiger partial charge in [-0.15, -0.1) is 0 Å².